The highest BCUT2D eigenvalue weighted by molar-refractivity contribution is 7.91. The summed E-state index contributed by atoms with van der Waals surface area (Å²) in [5, 5.41) is 41.0. The molecule has 4 heterocycles. The number of nitrogens with one attached hydrogen (secondary N) is 2. The Morgan fingerprint density at radius 1 is 0.733 bits per heavy atom. The molecule has 228 valence electrons. The lowest BCUT2D eigenvalue weighted by Crippen LogP contribution is -2.16. The largest absolute Gasteiger partial charge is 0.493 e. The highest BCUT2D eigenvalue weighted by atomic mass is 35.5. The summed E-state index contributed by atoms with van der Waals surface area (Å²) in [6, 6.07) is 10.5. The Morgan fingerprint density at radius 3 is 1.47 bits per heavy atom. The molecule has 2 aromatic carbocycles. The van der Waals surface area contributed by atoms with Crippen molar-refractivity contribution in [2.24, 2.45) is 30.4 Å². The minimum Gasteiger partial charge on any atom is -0.493 e. The third kappa shape index (κ3) is 5.73. The number of imidazole rings is 2. The second-order valence-electron chi connectivity index (χ2n) is 9.22. The molecule has 4 aromatic rings. The summed E-state index contributed by atoms with van der Waals surface area (Å²) < 4.78 is 27.7. The minimum absolute atomic E-state index is 0.304. The number of aromatic nitrogens is 4. The van der Waals surface area contributed by atoms with Gasteiger partial charge in [-0.05, 0) is 48.5 Å². The van der Waals surface area contributed by atoms with Gasteiger partial charge in [-0.1, -0.05) is 23.2 Å². The molecule has 2 aliphatic heterocycles. The molecular weight excluding hydrogens is 655 g/mol. The van der Waals surface area contributed by atoms with Crippen molar-refractivity contribution in [1.29, 1.82) is 0 Å². The first-order chi connectivity index (χ1) is 21.4. The zero-order chi connectivity index (χ0) is 32.0. The molecule has 4 amide bonds. The van der Waals surface area contributed by atoms with Gasteiger partial charge in [0.15, 0.2) is 15.1 Å². The molecule has 6 rings (SSSR count). The van der Waals surface area contributed by atoms with Crippen molar-refractivity contribution >= 4 is 80.3 Å². The molecule has 2 aromatic heterocycles. The molecule has 0 atom stereocenters. The predicted octanol–water partition coefficient (Wildman–Crippen LogP) is 5.00. The zero-order valence-electron chi connectivity index (χ0n) is 22.4. The Balaban J connectivity index is 1.31. The maximum absolute atomic E-state index is 13.0. The van der Waals surface area contributed by atoms with Crippen LogP contribution in [0.2, 0.25) is 10.0 Å². The number of nitrogens with zero attached hydrogens (tertiary/aromatic N) is 10. The van der Waals surface area contributed by atoms with Gasteiger partial charge in [-0.3, -0.25) is 0 Å². The Labute approximate surface area is 261 Å². The van der Waals surface area contributed by atoms with Gasteiger partial charge in [-0.25, -0.2) is 37.1 Å². The third-order valence-corrected chi connectivity index (χ3v) is 7.91. The quantitative estimate of drug-likeness (QED) is 0.224. The maximum Gasteiger partial charge on any atom is 0.348 e. The molecule has 0 saturated carbocycles. The number of aromatic hydroxyl groups is 2. The van der Waals surface area contributed by atoms with E-state index in [4.69, 9.17) is 23.2 Å². The van der Waals surface area contributed by atoms with Gasteiger partial charge in [0.1, 0.15) is 11.4 Å². The number of benzene rings is 2. The van der Waals surface area contributed by atoms with Gasteiger partial charge in [-0.2, -0.15) is 9.98 Å². The van der Waals surface area contributed by atoms with Crippen molar-refractivity contribution in [3.63, 3.8) is 0 Å². The van der Waals surface area contributed by atoms with Gasteiger partial charge in [0, 0.05) is 27.7 Å². The van der Waals surface area contributed by atoms with E-state index in [1.807, 2.05) is 0 Å². The molecule has 0 saturated heterocycles. The first kappa shape index (κ1) is 29.5. The SMILES string of the molecule is CS(=O)(=O)C(c1nc2n(c1O)C(=NC(=O)Nc1ccc(Cl)cc1)N=N2)c1nc2n(c1O)C(=NC(=O)Nc1ccc(Cl)cc1)N=N2. The van der Waals surface area contributed by atoms with Crippen LogP contribution >= 0.6 is 23.2 Å². The molecule has 0 radical (unpaired) electrons. The second-order valence-corrected chi connectivity index (χ2v) is 12.2. The summed E-state index contributed by atoms with van der Waals surface area (Å²) in [6.45, 7) is 0. The summed E-state index contributed by atoms with van der Waals surface area (Å²) in [5.41, 5.74) is -0.301. The monoisotopic (exact) mass is 670 g/mol. The van der Waals surface area contributed by atoms with Gasteiger partial charge in [0.25, 0.3) is 23.8 Å². The van der Waals surface area contributed by atoms with E-state index in [2.05, 4.69) is 51.0 Å². The van der Waals surface area contributed by atoms with Crippen molar-refractivity contribution in [2.75, 3.05) is 16.9 Å². The predicted molar refractivity (Wildman–Crippen MR) is 160 cm³/mol. The number of hydrogen-bond donors (Lipinski definition) is 4. The Bertz CT molecular complexity index is 1980. The molecule has 45 heavy (non-hydrogen) atoms. The van der Waals surface area contributed by atoms with E-state index in [1.54, 1.807) is 24.3 Å². The number of azo groups is 2. The molecule has 18 nitrogen and oxygen atoms in total. The maximum atomic E-state index is 13.0. The number of aliphatic imine (C=N–C) groups is 2. The highest BCUT2D eigenvalue weighted by Gasteiger charge is 2.41. The number of halogens is 2. The minimum atomic E-state index is -4.24. The highest BCUT2D eigenvalue weighted by Crippen LogP contribution is 2.43. The standard InChI is InChI=1S/C24H16Cl2N12O6S/c1-45(43,44)16(14-17(39)37-19(29-14)33-35-21(37)31-23(41)27-12-6-2-10(25)3-7-12)15-18(40)38-20(30-15)34-36-22(38)32-24(42)28-13-8-4-11(26)5-9-13/h2-9,16,39-40H,1H3,(H,27,41)(H,28,42). The lowest BCUT2D eigenvalue weighted by molar-refractivity contribution is 0.258. The number of carbonyl (C=O) groups is 2. The van der Waals surface area contributed by atoms with E-state index in [0.29, 0.717) is 21.4 Å². The van der Waals surface area contributed by atoms with Crippen molar-refractivity contribution in [3.05, 3.63) is 70.0 Å². The lowest BCUT2D eigenvalue weighted by Gasteiger charge is -2.12. The van der Waals surface area contributed by atoms with Crippen LogP contribution in [-0.4, -0.2) is 68.0 Å². The number of sulfone groups is 1. The summed E-state index contributed by atoms with van der Waals surface area (Å²) in [5.74, 6) is -3.05. The molecule has 0 unspecified atom stereocenters. The van der Waals surface area contributed by atoms with Gasteiger partial charge < -0.3 is 20.8 Å². The smallest absolute Gasteiger partial charge is 0.348 e. The number of hydrogen-bond acceptors (Lipinski definition) is 10. The van der Waals surface area contributed by atoms with Crippen molar-refractivity contribution < 1.29 is 28.2 Å². The average Bonchev–Trinajstić information content (AvgIpc) is 3.71. The Hall–Kier alpha value is -5.53. The van der Waals surface area contributed by atoms with Crippen LogP contribution in [0, 0.1) is 0 Å². The molecule has 0 bridgehead atoms. The first-order valence-corrected chi connectivity index (χ1v) is 15.1. The van der Waals surface area contributed by atoms with Crippen LogP contribution in [0.15, 0.2) is 79.0 Å². The van der Waals surface area contributed by atoms with Crippen molar-refractivity contribution in [2.45, 2.75) is 5.25 Å². The van der Waals surface area contributed by atoms with Crippen LogP contribution in [0.4, 0.5) is 32.9 Å². The van der Waals surface area contributed by atoms with Crippen LogP contribution in [-0.2, 0) is 9.84 Å². The number of rotatable bonds is 5. The topological polar surface area (TPSA) is 243 Å². The second kappa shape index (κ2) is 11.2. The molecule has 21 heteroatoms. The van der Waals surface area contributed by atoms with E-state index in [1.165, 1.54) is 24.3 Å². The number of carbonyl (C=O) groups excluding carboxylic acids is 2. The number of fused-ring (bicyclic) bond motifs is 2. The van der Waals surface area contributed by atoms with Crippen LogP contribution in [0.1, 0.15) is 16.6 Å². The summed E-state index contributed by atoms with van der Waals surface area (Å²) in [7, 11) is -4.24. The fourth-order valence-electron chi connectivity index (χ4n) is 4.19. The summed E-state index contributed by atoms with van der Waals surface area (Å²) >= 11 is 11.7. The van der Waals surface area contributed by atoms with Gasteiger partial charge in [-0.15, -0.1) is 20.5 Å². The van der Waals surface area contributed by atoms with Crippen LogP contribution in [0.5, 0.6) is 11.8 Å². The molecule has 4 N–H and O–H groups in total. The van der Waals surface area contributed by atoms with Gasteiger partial charge >= 0.3 is 12.1 Å². The lowest BCUT2D eigenvalue weighted by atomic mass is 10.2. The van der Waals surface area contributed by atoms with Crippen LogP contribution in [0.3, 0.4) is 0 Å². The summed E-state index contributed by atoms with van der Waals surface area (Å²) in [6.07, 6.45) is 0.817. The van der Waals surface area contributed by atoms with E-state index < -0.39 is 62.2 Å². The van der Waals surface area contributed by atoms with E-state index in [9.17, 15) is 28.2 Å². The van der Waals surface area contributed by atoms with E-state index >= 15 is 0 Å². The molecule has 2 aliphatic rings. The average molecular weight is 671 g/mol. The van der Waals surface area contributed by atoms with Crippen molar-refractivity contribution in [1.82, 2.24) is 19.1 Å². The zero-order valence-corrected chi connectivity index (χ0v) is 24.7. The number of anilines is 2. The molecule has 0 aliphatic carbocycles. The molecule has 0 spiro atoms. The molecule has 0 fully saturated rings. The van der Waals surface area contributed by atoms with E-state index in [0.717, 1.165) is 15.4 Å². The summed E-state index contributed by atoms with van der Waals surface area (Å²) in [4.78, 5) is 40.6. The number of amides is 4. The fraction of sp³-hybridized carbons (Fsp3) is 0.0833. The van der Waals surface area contributed by atoms with E-state index in [-0.39, 0.29) is 11.9 Å². The van der Waals surface area contributed by atoms with Gasteiger partial charge in [0.05, 0.1) is 0 Å². The van der Waals surface area contributed by atoms with Gasteiger partial charge in [0.2, 0.25) is 11.8 Å². The first-order valence-electron chi connectivity index (χ1n) is 12.4. The van der Waals surface area contributed by atoms with Crippen LogP contribution in [0.25, 0.3) is 0 Å². The number of urea groups is 2. The Morgan fingerprint density at radius 2 is 1.11 bits per heavy atom. The third-order valence-electron chi connectivity index (χ3n) is 6.10. The molecular formula is C24H16Cl2N12O6S. The fourth-order valence-corrected chi connectivity index (χ4v) is 5.57. The normalized spacial score (nSPS) is 15.8. The Kier molecular flexibility index (Phi) is 7.35. The van der Waals surface area contributed by atoms with Crippen molar-refractivity contribution in [3.8, 4) is 11.8 Å². The van der Waals surface area contributed by atoms with Crippen LogP contribution < -0.4 is 10.6 Å².